The summed E-state index contributed by atoms with van der Waals surface area (Å²) >= 11 is 0. The van der Waals surface area contributed by atoms with E-state index in [-0.39, 0.29) is 12.0 Å². The predicted octanol–water partition coefficient (Wildman–Crippen LogP) is 4.61. The fraction of sp³-hybridized carbons (Fsp3) is 0.500. The number of benzene rings is 2. The minimum Gasteiger partial charge on any atom is -0.481 e. The maximum absolute atomic E-state index is 11.0. The molecule has 0 unspecified atom stereocenters. The number of carboxylic acids is 1. The Kier molecular flexibility index (Phi) is 9.31. The zero-order valence-corrected chi connectivity index (χ0v) is 19.7. The quantitative estimate of drug-likeness (QED) is 0.387. The molecule has 0 saturated heterocycles. The molecule has 1 aliphatic rings. The first-order valence-electron chi connectivity index (χ1n) is 11.7. The van der Waals surface area contributed by atoms with Crippen LogP contribution >= 0.6 is 0 Å². The summed E-state index contributed by atoms with van der Waals surface area (Å²) in [5.41, 5.74) is 0. The minimum atomic E-state index is -2.18. The molecule has 0 radical (unpaired) electrons. The number of unbranched alkanes of at least 4 members (excludes halogenated alkanes) is 3. The number of ether oxygens (including phenoxy) is 1. The molecule has 1 aliphatic carbocycles. The molecule has 0 atom stereocenters. The standard InChI is InChI=1S/C26H36O4Si/c1-31(24-12-6-4-7-13-24,25-14-8-5-9-15-25)30-21-11-3-2-10-20-29-23-18-16-22(17-19-23)26(27)28/h4-9,12-15,22-23H,2-3,10-11,16-21H2,1H3,(H,27,28). The molecule has 0 aromatic heterocycles. The van der Waals surface area contributed by atoms with Crippen molar-refractivity contribution in [3.8, 4) is 0 Å². The molecule has 0 aliphatic heterocycles. The van der Waals surface area contributed by atoms with Crippen LogP contribution in [0.5, 0.6) is 0 Å². The van der Waals surface area contributed by atoms with E-state index >= 15 is 0 Å². The largest absolute Gasteiger partial charge is 0.481 e. The van der Waals surface area contributed by atoms with Crippen molar-refractivity contribution in [3.63, 3.8) is 0 Å². The maximum Gasteiger partial charge on any atom is 0.306 e. The molecule has 168 valence electrons. The highest BCUT2D eigenvalue weighted by Crippen LogP contribution is 2.26. The third-order valence-electron chi connectivity index (χ3n) is 6.46. The molecule has 0 bridgehead atoms. The zero-order chi connectivity index (χ0) is 21.9. The molecule has 1 saturated carbocycles. The second kappa shape index (κ2) is 12.2. The van der Waals surface area contributed by atoms with Crippen molar-refractivity contribution in [3.05, 3.63) is 60.7 Å². The van der Waals surface area contributed by atoms with Crippen molar-refractivity contribution in [1.29, 1.82) is 0 Å². The summed E-state index contributed by atoms with van der Waals surface area (Å²) in [6, 6.07) is 21.3. The van der Waals surface area contributed by atoms with Crippen LogP contribution in [0.15, 0.2) is 60.7 Å². The van der Waals surface area contributed by atoms with E-state index < -0.39 is 14.3 Å². The van der Waals surface area contributed by atoms with Gasteiger partial charge in [0.2, 0.25) is 0 Å². The smallest absolute Gasteiger partial charge is 0.306 e. The minimum absolute atomic E-state index is 0.166. The van der Waals surface area contributed by atoms with Crippen LogP contribution in [0.3, 0.4) is 0 Å². The SMILES string of the molecule is C[Si](OCCCCCCOC1CCC(C(=O)O)CC1)(c1ccccc1)c1ccccc1. The number of rotatable bonds is 12. The maximum atomic E-state index is 11.0. The Labute approximate surface area is 187 Å². The fourth-order valence-corrected chi connectivity index (χ4v) is 7.28. The van der Waals surface area contributed by atoms with Gasteiger partial charge in [0.15, 0.2) is 0 Å². The van der Waals surface area contributed by atoms with Gasteiger partial charge in [-0.1, -0.05) is 73.5 Å². The Morgan fingerprint density at radius 3 is 1.87 bits per heavy atom. The fourth-order valence-electron chi connectivity index (χ4n) is 4.41. The van der Waals surface area contributed by atoms with E-state index in [4.69, 9.17) is 14.3 Å². The molecule has 5 heteroatoms. The number of hydrogen-bond acceptors (Lipinski definition) is 3. The average molecular weight is 441 g/mol. The number of carboxylic acid groups (broad SMARTS) is 1. The highest BCUT2D eigenvalue weighted by Gasteiger charge is 2.33. The first-order valence-corrected chi connectivity index (χ1v) is 14.1. The van der Waals surface area contributed by atoms with Crippen molar-refractivity contribution in [1.82, 2.24) is 0 Å². The van der Waals surface area contributed by atoms with Crippen LogP contribution in [-0.4, -0.2) is 38.7 Å². The van der Waals surface area contributed by atoms with Crippen molar-refractivity contribution in [2.75, 3.05) is 13.2 Å². The number of aliphatic carboxylic acids is 1. The Morgan fingerprint density at radius 2 is 1.35 bits per heavy atom. The molecule has 2 aromatic carbocycles. The van der Waals surface area contributed by atoms with Gasteiger partial charge in [0, 0.05) is 13.2 Å². The van der Waals surface area contributed by atoms with Gasteiger partial charge < -0.3 is 14.3 Å². The first-order chi connectivity index (χ1) is 15.1. The molecule has 2 aromatic rings. The summed E-state index contributed by atoms with van der Waals surface area (Å²) in [4.78, 5) is 11.0. The third-order valence-corrected chi connectivity index (χ3v) is 10.1. The van der Waals surface area contributed by atoms with E-state index in [0.717, 1.165) is 64.6 Å². The third kappa shape index (κ3) is 7.02. The van der Waals surface area contributed by atoms with Gasteiger partial charge in [0.25, 0.3) is 8.32 Å². The monoisotopic (exact) mass is 440 g/mol. The predicted molar refractivity (Wildman–Crippen MR) is 128 cm³/mol. The summed E-state index contributed by atoms with van der Waals surface area (Å²) in [5.74, 6) is -0.819. The topological polar surface area (TPSA) is 55.8 Å². The van der Waals surface area contributed by atoms with E-state index in [9.17, 15) is 4.79 Å². The molecule has 0 heterocycles. The second-order valence-electron chi connectivity index (χ2n) is 8.71. The summed E-state index contributed by atoms with van der Waals surface area (Å²) in [5, 5.41) is 11.7. The molecular formula is C26H36O4Si. The molecule has 1 fully saturated rings. The summed E-state index contributed by atoms with van der Waals surface area (Å²) < 4.78 is 12.6. The molecule has 0 amide bonds. The van der Waals surface area contributed by atoms with E-state index in [2.05, 4.69) is 67.2 Å². The van der Waals surface area contributed by atoms with Crippen LogP contribution in [0.1, 0.15) is 51.4 Å². The van der Waals surface area contributed by atoms with E-state index in [1.54, 1.807) is 0 Å². The van der Waals surface area contributed by atoms with Gasteiger partial charge in [-0.15, -0.1) is 0 Å². The molecule has 3 rings (SSSR count). The van der Waals surface area contributed by atoms with Gasteiger partial charge in [0.05, 0.1) is 12.0 Å². The normalized spacial score (nSPS) is 19.3. The second-order valence-corrected chi connectivity index (χ2v) is 12.2. The van der Waals surface area contributed by atoms with Gasteiger partial charge in [0.1, 0.15) is 0 Å². The van der Waals surface area contributed by atoms with E-state index in [1.807, 2.05) is 0 Å². The zero-order valence-electron chi connectivity index (χ0n) is 18.7. The van der Waals surface area contributed by atoms with Gasteiger partial charge in [-0.3, -0.25) is 4.79 Å². The lowest BCUT2D eigenvalue weighted by molar-refractivity contribution is -0.143. The lowest BCUT2D eigenvalue weighted by Gasteiger charge is -2.28. The van der Waals surface area contributed by atoms with E-state index in [0.29, 0.717) is 0 Å². The number of hydrogen-bond donors (Lipinski definition) is 1. The lowest BCUT2D eigenvalue weighted by Crippen LogP contribution is -2.58. The van der Waals surface area contributed by atoms with Gasteiger partial charge >= 0.3 is 5.97 Å². The lowest BCUT2D eigenvalue weighted by atomic mass is 9.87. The van der Waals surface area contributed by atoms with Crippen LogP contribution in [0.2, 0.25) is 6.55 Å². The number of carbonyl (C=O) groups is 1. The van der Waals surface area contributed by atoms with E-state index in [1.165, 1.54) is 10.4 Å². The summed E-state index contributed by atoms with van der Waals surface area (Å²) in [7, 11) is -2.18. The molecule has 31 heavy (non-hydrogen) atoms. The van der Waals surface area contributed by atoms with Gasteiger partial charge in [-0.2, -0.15) is 0 Å². The average Bonchev–Trinajstić information content (AvgIpc) is 2.82. The molecular weight excluding hydrogens is 404 g/mol. The van der Waals surface area contributed by atoms with Gasteiger partial charge in [-0.05, 0) is 55.4 Å². The van der Waals surface area contributed by atoms with Crippen molar-refractivity contribution in [2.45, 2.75) is 64.0 Å². The highest BCUT2D eigenvalue weighted by atomic mass is 28.4. The Hall–Kier alpha value is -1.95. The van der Waals surface area contributed by atoms with Crippen molar-refractivity contribution < 1.29 is 19.1 Å². The Bertz CT molecular complexity index is 733. The Balaban J connectivity index is 1.34. The molecule has 4 nitrogen and oxygen atoms in total. The van der Waals surface area contributed by atoms with Crippen LogP contribution in [0.4, 0.5) is 0 Å². The Morgan fingerprint density at radius 1 is 0.839 bits per heavy atom. The van der Waals surface area contributed by atoms with Crippen LogP contribution in [0.25, 0.3) is 0 Å². The highest BCUT2D eigenvalue weighted by molar-refractivity contribution is 6.96. The molecule has 1 N–H and O–H groups in total. The van der Waals surface area contributed by atoms with Gasteiger partial charge in [-0.25, -0.2) is 0 Å². The van der Waals surface area contributed by atoms with Crippen LogP contribution < -0.4 is 10.4 Å². The van der Waals surface area contributed by atoms with Crippen molar-refractivity contribution >= 4 is 24.7 Å². The summed E-state index contributed by atoms with van der Waals surface area (Å²) in [6.07, 6.45) is 7.93. The first kappa shape index (κ1) is 23.7. The van der Waals surface area contributed by atoms with Crippen LogP contribution in [-0.2, 0) is 14.0 Å². The van der Waals surface area contributed by atoms with Crippen LogP contribution in [0, 0.1) is 5.92 Å². The summed E-state index contributed by atoms with van der Waals surface area (Å²) in [6.45, 7) is 3.86. The van der Waals surface area contributed by atoms with Crippen molar-refractivity contribution in [2.24, 2.45) is 5.92 Å². The molecule has 0 spiro atoms.